The van der Waals surface area contributed by atoms with Gasteiger partial charge in [-0.1, -0.05) is 19.8 Å². The van der Waals surface area contributed by atoms with Gasteiger partial charge in [0, 0.05) is 17.3 Å². The highest BCUT2D eigenvalue weighted by Gasteiger charge is 2.06. The summed E-state index contributed by atoms with van der Waals surface area (Å²) in [5.74, 6) is 0. The van der Waals surface area contributed by atoms with Crippen molar-refractivity contribution in [1.29, 1.82) is 0 Å². The van der Waals surface area contributed by atoms with Gasteiger partial charge in [-0.15, -0.1) is 0 Å². The third kappa shape index (κ3) is 3.68. The maximum absolute atomic E-state index is 11.8. The van der Waals surface area contributed by atoms with Crippen molar-refractivity contribution in [1.82, 2.24) is 14.5 Å². The van der Waals surface area contributed by atoms with Crippen molar-refractivity contribution in [2.24, 2.45) is 0 Å². The third-order valence-corrected chi connectivity index (χ3v) is 3.15. The maximum atomic E-state index is 11.8. The van der Waals surface area contributed by atoms with Crippen molar-refractivity contribution in [3.05, 3.63) is 28.4 Å². The van der Waals surface area contributed by atoms with Crippen molar-refractivity contribution in [3.8, 4) is 0 Å². The molecular formula is C14H21N3O3. The van der Waals surface area contributed by atoms with Crippen LogP contribution in [0.4, 0.5) is 0 Å². The lowest BCUT2D eigenvalue weighted by Gasteiger charge is -2.04. The Labute approximate surface area is 117 Å². The first-order chi connectivity index (χ1) is 9.74. The summed E-state index contributed by atoms with van der Waals surface area (Å²) in [6, 6.07) is 2.03. The van der Waals surface area contributed by atoms with Gasteiger partial charge in [0.1, 0.15) is 12.4 Å². The Morgan fingerprint density at radius 1 is 1.45 bits per heavy atom. The van der Waals surface area contributed by atoms with Crippen molar-refractivity contribution < 1.29 is 9.84 Å². The van der Waals surface area contributed by atoms with E-state index in [0.717, 1.165) is 23.9 Å². The Bertz CT molecular complexity index is 603. The zero-order valence-electron chi connectivity index (χ0n) is 11.8. The van der Waals surface area contributed by atoms with Gasteiger partial charge in [0.05, 0.1) is 13.2 Å². The average molecular weight is 279 g/mol. The van der Waals surface area contributed by atoms with Crippen LogP contribution in [0.5, 0.6) is 0 Å². The number of aryl methyl sites for hydroxylation is 1. The molecule has 6 heteroatoms. The van der Waals surface area contributed by atoms with E-state index in [0.29, 0.717) is 5.65 Å². The predicted molar refractivity (Wildman–Crippen MR) is 76.6 cm³/mol. The molecule has 0 aromatic carbocycles. The fourth-order valence-corrected chi connectivity index (χ4v) is 2.11. The Kier molecular flexibility index (Phi) is 5.31. The van der Waals surface area contributed by atoms with Gasteiger partial charge in [0.25, 0.3) is 0 Å². The number of rotatable bonds is 8. The van der Waals surface area contributed by atoms with E-state index < -0.39 is 0 Å². The number of aliphatic hydroxyl groups is 1. The van der Waals surface area contributed by atoms with Crippen molar-refractivity contribution in [2.45, 2.75) is 39.3 Å². The summed E-state index contributed by atoms with van der Waals surface area (Å²) in [5.41, 5.74) is 1.38. The fourth-order valence-electron chi connectivity index (χ4n) is 2.11. The number of aromatic nitrogens is 3. The fraction of sp³-hybridized carbons (Fsp3) is 0.571. The molecule has 0 fully saturated rings. The lowest BCUT2D eigenvalue weighted by molar-refractivity contribution is 0.0460. The van der Waals surface area contributed by atoms with Crippen molar-refractivity contribution in [2.75, 3.05) is 13.2 Å². The highest BCUT2D eigenvalue weighted by atomic mass is 16.5. The third-order valence-electron chi connectivity index (χ3n) is 3.15. The van der Waals surface area contributed by atoms with E-state index in [-0.39, 0.29) is 25.6 Å². The van der Waals surface area contributed by atoms with Gasteiger partial charge in [-0.2, -0.15) is 4.98 Å². The molecule has 0 radical (unpaired) electrons. The molecule has 0 bridgehead atoms. The minimum Gasteiger partial charge on any atom is -0.394 e. The Hall–Kier alpha value is -1.66. The highest BCUT2D eigenvalue weighted by molar-refractivity contribution is 5.75. The van der Waals surface area contributed by atoms with Gasteiger partial charge in [-0.3, -0.25) is 4.57 Å². The molecule has 0 aliphatic rings. The number of unbranched alkanes of at least 4 members (excludes halogenated alkanes) is 2. The number of nitrogens with one attached hydrogen (secondary N) is 1. The molecule has 0 amide bonds. The molecule has 2 N–H and O–H groups in total. The molecule has 0 saturated heterocycles. The normalized spacial score (nSPS) is 11.3. The number of ether oxygens (including phenoxy) is 1. The molecule has 0 saturated carbocycles. The van der Waals surface area contributed by atoms with E-state index in [4.69, 9.17) is 9.84 Å². The topological polar surface area (TPSA) is 80.1 Å². The lowest BCUT2D eigenvalue weighted by atomic mass is 10.1. The Morgan fingerprint density at radius 2 is 2.30 bits per heavy atom. The molecule has 0 atom stereocenters. The molecule has 0 aliphatic carbocycles. The first kappa shape index (κ1) is 14.7. The van der Waals surface area contributed by atoms with Crippen LogP contribution in [0.25, 0.3) is 11.0 Å². The zero-order chi connectivity index (χ0) is 14.4. The number of hydrogen-bond donors (Lipinski definition) is 2. The monoisotopic (exact) mass is 279 g/mol. The molecule has 2 aromatic rings. The highest BCUT2D eigenvalue weighted by Crippen LogP contribution is 2.13. The Morgan fingerprint density at radius 3 is 3.05 bits per heavy atom. The molecule has 0 aliphatic heterocycles. The summed E-state index contributed by atoms with van der Waals surface area (Å²) in [6.07, 6.45) is 6.23. The second-order valence-electron chi connectivity index (χ2n) is 4.81. The zero-order valence-corrected chi connectivity index (χ0v) is 11.8. The molecule has 6 nitrogen and oxygen atoms in total. The predicted octanol–water partition coefficient (Wildman–Crippen LogP) is 1.42. The molecule has 2 heterocycles. The van der Waals surface area contributed by atoms with E-state index in [9.17, 15) is 4.79 Å². The lowest BCUT2D eigenvalue weighted by Crippen LogP contribution is -2.23. The number of aliphatic hydroxyl groups excluding tert-OH is 1. The largest absolute Gasteiger partial charge is 0.394 e. The number of nitrogens with zero attached hydrogens (tertiary/aromatic N) is 2. The van der Waals surface area contributed by atoms with Gasteiger partial charge in [0.2, 0.25) is 0 Å². The summed E-state index contributed by atoms with van der Waals surface area (Å²) in [6.45, 7) is 2.43. The summed E-state index contributed by atoms with van der Waals surface area (Å²) in [5, 5.41) is 9.56. The molecule has 2 rings (SSSR count). The van der Waals surface area contributed by atoms with E-state index >= 15 is 0 Å². The van der Waals surface area contributed by atoms with Crippen LogP contribution in [-0.4, -0.2) is 32.9 Å². The second-order valence-corrected chi connectivity index (χ2v) is 4.81. The summed E-state index contributed by atoms with van der Waals surface area (Å²) >= 11 is 0. The quantitative estimate of drug-likeness (QED) is 0.716. The first-order valence-corrected chi connectivity index (χ1v) is 7.02. The Balaban J connectivity index is 2.13. The number of aromatic amines is 1. The van der Waals surface area contributed by atoms with Gasteiger partial charge in [-0.05, 0) is 18.9 Å². The van der Waals surface area contributed by atoms with Crippen LogP contribution in [0.3, 0.4) is 0 Å². The standard InChI is InChI=1S/C14H21N3O3/c1-2-3-4-5-12-8-11-9-17(10-20-7-6-18)14(19)16-13(11)15-12/h8-9,18H,2-7,10H2,1H3,(H,15,16,19). The smallest absolute Gasteiger partial charge is 0.351 e. The number of fused-ring (bicyclic) bond motifs is 1. The number of H-pyrrole nitrogens is 1. The van der Waals surface area contributed by atoms with Crippen LogP contribution in [0.2, 0.25) is 0 Å². The van der Waals surface area contributed by atoms with Crippen LogP contribution in [0.15, 0.2) is 17.1 Å². The van der Waals surface area contributed by atoms with Crippen LogP contribution in [-0.2, 0) is 17.9 Å². The minimum atomic E-state index is -0.350. The van der Waals surface area contributed by atoms with E-state index in [1.54, 1.807) is 6.20 Å². The van der Waals surface area contributed by atoms with Gasteiger partial charge in [-0.25, -0.2) is 4.79 Å². The molecule has 2 aromatic heterocycles. The first-order valence-electron chi connectivity index (χ1n) is 7.02. The number of hydrogen-bond acceptors (Lipinski definition) is 4. The molecule has 0 unspecified atom stereocenters. The average Bonchev–Trinajstić information content (AvgIpc) is 2.81. The maximum Gasteiger partial charge on any atom is 0.351 e. The van der Waals surface area contributed by atoms with Crippen LogP contribution >= 0.6 is 0 Å². The van der Waals surface area contributed by atoms with Crippen LogP contribution in [0, 0.1) is 0 Å². The van der Waals surface area contributed by atoms with E-state index in [1.165, 1.54) is 17.4 Å². The molecule has 20 heavy (non-hydrogen) atoms. The van der Waals surface area contributed by atoms with Crippen molar-refractivity contribution in [3.63, 3.8) is 0 Å². The van der Waals surface area contributed by atoms with Gasteiger partial charge < -0.3 is 14.8 Å². The van der Waals surface area contributed by atoms with Crippen LogP contribution in [0.1, 0.15) is 31.9 Å². The van der Waals surface area contributed by atoms with E-state index in [2.05, 4.69) is 16.9 Å². The molecular weight excluding hydrogens is 258 g/mol. The van der Waals surface area contributed by atoms with Gasteiger partial charge >= 0.3 is 5.69 Å². The molecule has 0 spiro atoms. The van der Waals surface area contributed by atoms with Crippen LogP contribution < -0.4 is 5.69 Å². The van der Waals surface area contributed by atoms with E-state index in [1.807, 2.05) is 6.07 Å². The van der Waals surface area contributed by atoms with Crippen molar-refractivity contribution >= 4 is 11.0 Å². The van der Waals surface area contributed by atoms with Gasteiger partial charge in [0.15, 0.2) is 0 Å². The summed E-state index contributed by atoms with van der Waals surface area (Å²) in [4.78, 5) is 19.0. The summed E-state index contributed by atoms with van der Waals surface area (Å²) in [7, 11) is 0. The SMILES string of the molecule is CCCCCc1cc2cn(COCCO)c(=O)nc2[nH]1. The minimum absolute atomic E-state index is 0.0594. The molecule has 110 valence electrons. The second kappa shape index (κ2) is 7.21. The summed E-state index contributed by atoms with van der Waals surface area (Å²) < 4.78 is 6.55.